The van der Waals surface area contributed by atoms with Gasteiger partial charge in [0.1, 0.15) is 4.21 Å². The van der Waals surface area contributed by atoms with Crippen molar-refractivity contribution in [2.75, 3.05) is 7.05 Å². The van der Waals surface area contributed by atoms with Gasteiger partial charge in [-0.25, -0.2) is 8.42 Å². The molecule has 0 radical (unpaired) electrons. The highest BCUT2D eigenvalue weighted by atomic mass is 32.2. The summed E-state index contributed by atoms with van der Waals surface area (Å²) in [4.78, 5) is 1.05. The summed E-state index contributed by atoms with van der Waals surface area (Å²) in [5.74, 6) is 0. The fraction of sp³-hybridized carbons (Fsp3) is 0.429. The predicted octanol–water partition coefficient (Wildman–Crippen LogP) is 2.41. The van der Waals surface area contributed by atoms with Crippen LogP contribution in [-0.4, -0.2) is 25.8 Å². The van der Waals surface area contributed by atoms with Crippen LogP contribution in [0.5, 0.6) is 0 Å². The van der Waals surface area contributed by atoms with Crippen LogP contribution in [0.3, 0.4) is 0 Å². The molecule has 114 valence electrons. The molecule has 1 N–H and O–H groups in total. The zero-order chi connectivity index (χ0) is 14.9. The summed E-state index contributed by atoms with van der Waals surface area (Å²) in [6, 6.07) is 5.97. The van der Waals surface area contributed by atoms with Gasteiger partial charge in [0.05, 0.1) is 12.5 Å². The maximum absolute atomic E-state index is 12.5. The molecular formula is C14H18N2O3S2. The van der Waals surface area contributed by atoms with E-state index in [0.717, 1.165) is 17.0 Å². The van der Waals surface area contributed by atoms with Gasteiger partial charge in [0.15, 0.2) is 0 Å². The molecule has 0 bridgehead atoms. The molecule has 0 aliphatic heterocycles. The van der Waals surface area contributed by atoms with Crippen LogP contribution in [0.25, 0.3) is 0 Å². The summed E-state index contributed by atoms with van der Waals surface area (Å²) in [5, 5.41) is 3.39. The van der Waals surface area contributed by atoms with Crippen LogP contribution in [0.4, 0.5) is 0 Å². The van der Waals surface area contributed by atoms with Gasteiger partial charge in [0.2, 0.25) is 0 Å². The normalized spacial score (nSPS) is 15.7. The van der Waals surface area contributed by atoms with Crippen LogP contribution in [-0.2, 0) is 23.1 Å². The van der Waals surface area contributed by atoms with Crippen LogP contribution < -0.4 is 5.32 Å². The first kappa shape index (κ1) is 14.8. The minimum absolute atomic E-state index is 0.312. The maximum atomic E-state index is 12.5. The molecule has 0 amide bonds. The highest BCUT2D eigenvalue weighted by Crippen LogP contribution is 2.26. The van der Waals surface area contributed by atoms with Crippen molar-refractivity contribution in [2.45, 2.75) is 36.2 Å². The van der Waals surface area contributed by atoms with Gasteiger partial charge in [0.25, 0.3) is 10.0 Å². The summed E-state index contributed by atoms with van der Waals surface area (Å²) in [7, 11) is -1.85. The maximum Gasteiger partial charge on any atom is 0.252 e. The zero-order valence-corrected chi connectivity index (χ0v) is 13.4. The summed E-state index contributed by atoms with van der Waals surface area (Å²) >= 11 is 1.33. The van der Waals surface area contributed by atoms with Crippen LogP contribution >= 0.6 is 11.3 Å². The number of furan rings is 1. The lowest BCUT2D eigenvalue weighted by Gasteiger charge is -2.14. The minimum Gasteiger partial charge on any atom is -0.472 e. The molecule has 7 heteroatoms. The Morgan fingerprint density at radius 3 is 2.86 bits per heavy atom. The third kappa shape index (κ3) is 3.55. The van der Waals surface area contributed by atoms with Gasteiger partial charge in [-0.15, -0.1) is 11.3 Å². The molecule has 1 aliphatic carbocycles. The Bertz CT molecular complexity index is 688. The van der Waals surface area contributed by atoms with E-state index in [1.807, 2.05) is 6.07 Å². The van der Waals surface area contributed by atoms with Gasteiger partial charge in [-0.3, -0.25) is 0 Å². The molecule has 2 heterocycles. The van der Waals surface area contributed by atoms with E-state index in [0.29, 0.717) is 16.8 Å². The van der Waals surface area contributed by atoms with Gasteiger partial charge < -0.3 is 9.73 Å². The largest absolute Gasteiger partial charge is 0.472 e. The molecule has 1 aliphatic rings. The van der Waals surface area contributed by atoms with E-state index in [9.17, 15) is 8.42 Å². The van der Waals surface area contributed by atoms with Gasteiger partial charge in [-0.2, -0.15) is 4.31 Å². The zero-order valence-electron chi connectivity index (χ0n) is 11.8. The quantitative estimate of drug-likeness (QED) is 0.849. The summed E-state index contributed by atoms with van der Waals surface area (Å²) in [6.07, 6.45) is 5.56. The van der Waals surface area contributed by atoms with Crippen LogP contribution in [0, 0.1) is 0 Å². The molecule has 2 aromatic rings. The van der Waals surface area contributed by atoms with Crippen molar-refractivity contribution in [1.82, 2.24) is 9.62 Å². The highest BCUT2D eigenvalue weighted by Gasteiger charge is 2.24. The molecule has 1 saturated carbocycles. The molecule has 1 fully saturated rings. The Hall–Kier alpha value is -1.15. The van der Waals surface area contributed by atoms with E-state index in [2.05, 4.69) is 5.32 Å². The number of hydrogen-bond acceptors (Lipinski definition) is 5. The van der Waals surface area contributed by atoms with Gasteiger partial charge in [-0.05, 0) is 31.0 Å². The second-order valence-corrected chi connectivity index (χ2v) is 8.71. The highest BCUT2D eigenvalue weighted by molar-refractivity contribution is 7.91. The van der Waals surface area contributed by atoms with E-state index in [1.165, 1.54) is 28.5 Å². The van der Waals surface area contributed by atoms with Crippen molar-refractivity contribution < 1.29 is 12.8 Å². The number of nitrogens with one attached hydrogen (secondary N) is 1. The summed E-state index contributed by atoms with van der Waals surface area (Å²) in [6.45, 7) is 1.06. The molecule has 2 aromatic heterocycles. The lowest BCUT2D eigenvalue weighted by atomic mass is 10.3. The smallest absolute Gasteiger partial charge is 0.252 e. The number of rotatable bonds is 7. The summed E-state index contributed by atoms with van der Waals surface area (Å²) in [5.41, 5.74) is 0.841. The Morgan fingerprint density at radius 2 is 2.19 bits per heavy atom. The van der Waals surface area contributed by atoms with Crippen molar-refractivity contribution in [3.05, 3.63) is 41.2 Å². The number of hydrogen-bond donors (Lipinski definition) is 1. The van der Waals surface area contributed by atoms with E-state index in [-0.39, 0.29) is 0 Å². The number of nitrogens with zero attached hydrogens (tertiary/aromatic N) is 1. The average Bonchev–Trinajstić information content (AvgIpc) is 2.93. The van der Waals surface area contributed by atoms with Crippen LogP contribution in [0.1, 0.15) is 23.3 Å². The Morgan fingerprint density at radius 1 is 1.38 bits per heavy atom. The van der Waals surface area contributed by atoms with Gasteiger partial charge >= 0.3 is 0 Å². The van der Waals surface area contributed by atoms with Gasteiger partial charge in [0, 0.05) is 36.6 Å². The number of sulfonamides is 1. The minimum atomic E-state index is -3.43. The molecule has 0 atom stereocenters. The fourth-order valence-corrected chi connectivity index (χ4v) is 4.68. The van der Waals surface area contributed by atoms with E-state index < -0.39 is 10.0 Å². The Balaban J connectivity index is 1.68. The molecule has 0 saturated heterocycles. The SMILES string of the molecule is CN(Cc1ccoc1)S(=O)(=O)c1ccc(CNC2CC2)s1. The standard InChI is InChI=1S/C14H18N2O3S2/c1-16(9-11-6-7-19-10-11)21(17,18)14-5-4-13(20-14)8-15-12-2-3-12/h4-7,10,12,15H,2-3,8-9H2,1H3. The first-order valence-electron chi connectivity index (χ1n) is 6.85. The van der Waals surface area contributed by atoms with Crippen molar-refractivity contribution in [3.8, 4) is 0 Å². The first-order valence-corrected chi connectivity index (χ1v) is 9.11. The van der Waals surface area contributed by atoms with Crippen molar-refractivity contribution in [3.63, 3.8) is 0 Å². The van der Waals surface area contributed by atoms with E-state index in [4.69, 9.17) is 4.42 Å². The number of thiophene rings is 1. The van der Waals surface area contributed by atoms with Crippen molar-refractivity contribution >= 4 is 21.4 Å². The molecular weight excluding hydrogens is 308 g/mol. The second kappa shape index (κ2) is 5.92. The van der Waals surface area contributed by atoms with E-state index >= 15 is 0 Å². The molecule has 21 heavy (non-hydrogen) atoms. The topological polar surface area (TPSA) is 62.6 Å². The lowest BCUT2D eigenvalue weighted by molar-refractivity contribution is 0.465. The monoisotopic (exact) mass is 326 g/mol. The predicted molar refractivity (Wildman–Crippen MR) is 81.5 cm³/mol. The lowest BCUT2D eigenvalue weighted by Crippen LogP contribution is -2.25. The van der Waals surface area contributed by atoms with Crippen molar-refractivity contribution in [1.29, 1.82) is 0 Å². The first-order chi connectivity index (χ1) is 10.1. The average molecular weight is 326 g/mol. The fourth-order valence-electron chi connectivity index (χ4n) is 2.00. The molecule has 3 rings (SSSR count). The molecule has 5 nitrogen and oxygen atoms in total. The van der Waals surface area contributed by atoms with Gasteiger partial charge in [-0.1, -0.05) is 0 Å². The third-order valence-electron chi connectivity index (χ3n) is 3.43. The summed E-state index contributed by atoms with van der Waals surface area (Å²) < 4.78 is 31.7. The van der Waals surface area contributed by atoms with Crippen LogP contribution in [0.2, 0.25) is 0 Å². The second-order valence-electron chi connectivity index (χ2n) is 5.27. The van der Waals surface area contributed by atoms with E-state index in [1.54, 1.807) is 31.7 Å². The molecule has 0 spiro atoms. The Kier molecular flexibility index (Phi) is 4.17. The van der Waals surface area contributed by atoms with Crippen molar-refractivity contribution in [2.24, 2.45) is 0 Å². The third-order valence-corrected chi connectivity index (χ3v) is 6.79. The van der Waals surface area contributed by atoms with Crippen LogP contribution in [0.15, 0.2) is 39.4 Å². The molecule has 0 unspecified atom stereocenters. The molecule has 0 aromatic carbocycles. The Labute approximate surface area is 128 Å².